The number of rotatable bonds is 7. The first-order valence-electron chi connectivity index (χ1n) is 10.1. The summed E-state index contributed by atoms with van der Waals surface area (Å²) >= 11 is 6.17. The van der Waals surface area contributed by atoms with Crippen LogP contribution in [0.3, 0.4) is 0 Å². The van der Waals surface area contributed by atoms with Crippen molar-refractivity contribution in [2.45, 2.75) is 4.90 Å². The molecule has 0 aliphatic carbocycles. The lowest BCUT2D eigenvalue weighted by Gasteiger charge is -2.26. The molecular weight excluding hydrogens is 460 g/mol. The number of carbonyl (C=O) groups excluding carboxylic acids is 1. The van der Waals surface area contributed by atoms with Gasteiger partial charge in [-0.2, -0.15) is 0 Å². The average Bonchev–Trinajstić information content (AvgIpc) is 2.83. The van der Waals surface area contributed by atoms with Crippen molar-refractivity contribution in [1.82, 2.24) is 0 Å². The Morgan fingerprint density at radius 2 is 1.64 bits per heavy atom. The molecule has 4 rings (SSSR count). The van der Waals surface area contributed by atoms with E-state index in [4.69, 9.17) is 16.3 Å². The maximum atomic E-state index is 13.6. The molecule has 0 radical (unpaired) electrons. The highest BCUT2D eigenvalue weighted by Gasteiger charge is 2.29. The highest BCUT2D eigenvalue weighted by molar-refractivity contribution is 7.92. The molecule has 6 nitrogen and oxygen atoms in total. The van der Waals surface area contributed by atoms with Crippen LogP contribution < -0.4 is 14.4 Å². The van der Waals surface area contributed by atoms with Crippen LogP contribution in [0.15, 0.2) is 95.9 Å². The Labute approximate surface area is 197 Å². The van der Waals surface area contributed by atoms with Gasteiger partial charge in [0.05, 0.1) is 17.7 Å². The first-order chi connectivity index (χ1) is 15.9. The number of ether oxygens (including phenoxy) is 1. The van der Waals surface area contributed by atoms with Gasteiger partial charge < -0.3 is 10.1 Å². The summed E-state index contributed by atoms with van der Waals surface area (Å²) in [7, 11) is -2.67. The van der Waals surface area contributed by atoms with Crippen LogP contribution in [0.25, 0.3) is 10.8 Å². The maximum absolute atomic E-state index is 13.6. The number of nitrogens with one attached hydrogen (secondary N) is 1. The molecule has 4 aromatic carbocycles. The second-order valence-corrected chi connectivity index (χ2v) is 9.51. The molecule has 0 heterocycles. The van der Waals surface area contributed by atoms with E-state index in [1.165, 1.54) is 25.3 Å². The molecule has 0 saturated carbocycles. The standard InChI is InChI=1S/C25H21ClN2O4S/c1-32-24-15-14-19(26)16-23(24)28(33(30,31)20-10-3-2-4-11-20)17-25(29)27-22-13-7-9-18-8-5-6-12-21(18)22/h2-16H,17H2,1H3,(H,27,29). The number of benzene rings is 4. The van der Waals surface area contributed by atoms with Crippen LogP contribution in [0, 0.1) is 0 Å². The van der Waals surface area contributed by atoms with Gasteiger partial charge in [-0.3, -0.25) is 9.10 Å². The van der Waals surface area contributed by atoms with Gasteiger partial charge in [0.1, 0.15) is 12.3 Å². The molecule has 4 aromatic rings. The number of hydrogen-bond acceptors (Lipinski definition) is 4. The Morgan fingerprint density at radius 1 is 0.939 bits per heavy atom. The molecule has 0 aliphatic rings. The number of amides is 1. The lowest BCUT2D eigenvalue weighted by Crippen LogP contribution is -2.38. The third-order valence-electron chi connectivity index (χ3n) is 5.09. The van der Waals surface area contributed by atoms with Gasteiger partial charge in [-0.15, -0.1) is 0 Å². The van der Waals surface area contributed by atoms with Gasteiger partial charge in [0.25, 0.3) is 10.0 Å². The van der Waals surface area contributed by atoms with Crippen molar-refractivity contribution in [1.29, 1.82) is 0 Å². The van der Waals surface area contributed by atoms with Crippen molar-refractivity contribution < 1.29 is 17.9 Å². The zero-order valence-corrected chi connectivity index (χ0v) is 19.3. The quantitative estimate of drug-likeness (QED) is 0.387. The summed E-state index contributed by atoms with van der Waals surface area (Å²) < 4.78 is 33.5. The monoisotopic (exact) mass is 480 g/mol. The van der Waals surface area contributed by atoms with Crippen LogP contribution in [0.4, 0.5) is 11.4 Å². The molecule has 8 heteroatoms. The van der Waals surface area contributed by atoms with Gasteiger partial charge in [0, 0.05) is 16.1 Å². The molecule has 0 saturated heterocycles. The predicted octanol–water partition coefficient (Wildman–Crippen LogP) is 5.34. The Balaban J connectivity index is 1.74. The van der Waals surface area contributed by atoms with Crippen molar-refractivity contribution in [2.24, 2.45) is 0 Å². The largest absolute Gasteiger partial charge is 0.495 e. The van der Waals surface area contributed by atoms with Crippen molar-refractivity contribution in [3.05, 3.63) is 96.0 Å². The van der Waals surface area contributed by atoms with Gasteiger partial charge in [0.2, 0.25) is 5.91 Å². The number of fused-ring (bicyclic) bond motifs is 1. The van der Waals surface area contributed by atoms with Crippen LogP contribution in [0.1, 0.15) is 0 Å². The number of halogens is 1. The fourth-order valence-electron chi connectivity index (χ4n) is 3.53. The fraction of sp³-hybridized carbons (Fsp3) is 0.0800. The third-order valence-corrected chi connectivity index (χ3v) is 7.10. The number of carbonyl (C=O) groups is 1. The van der Waals surface area contributed by atoms with Crippen molar-refractivity contribution in [2.75, 3.05) is 23.3 Å². The molecule has 168 valence electrons. The number of nitrogens with zero attached hydrogens (tertiary/aromatic N) is 1. The van der Waals surface area contributed by atoms with E-state index in [1.54, 1.807) is 36.4 Å². The number of hydrogen-bond donors (Lipinski definition) is 1. The third kappa shape index (κ3) is 4.79. The van der Waals surface area contributed by atoms with E-state index in [0.717, 1.165) is 15.1 Å². The SMILES string of the molecule is COc1ccc(Cl)cc1N(CC(=O)Nc1cccc2ccccc12)S(=O)(=O)c1ccccc1. The van der Waals surface area contributed by atoms with E-state index < -0.39 is 22.5 Å². The molecular formula is C25H21ClN2O4S. The Morgan fingerprint density at radius 3 is 2.39 bits per heavy atom. The van der Waals surface area contributed by atoms with E-state index in [0.29, 0.717) is 10.7 Å². The first-order valence-corrected chi connectivity index (χ1v) is 11.9. The fourth-order valence-corrected chi connectivity index (χ4v) is 5.14. The number of anilines is 2. The minimum atomic E-state index is -4.10. The van der Waals surface area contributed by atoms with Gasteiger partial charge in [-0.05, 0) is 41.8 Å². The molecule has 0 spiro atoms. The first kappa shape index (κ1) is 22.6. The number of methoxy groups -OCH3 is 1. The lowest BCUT2D eigenvalue weighted by molar-refractivity contribution is -0.114. The Bertz CT molecular complexity index is 1400. The van der Waals surface area contributed by atoms with Crippen LogP contribution in [-0.2, 0) is 14.8 Å². The minimum Gasteiger partial charge on any atom is -0.495 e. The van der Waals surface area contributed by atoms with Gasteiger partial charge in [-0.25, -0.2) is 8.42 Å². The molecule has 1 N–H and O–H groups in total. The summed E-state index contributed by atoms with van der Waals surface area (Å²) in [6, 6.07) is 25.7. The molecule has 0 aliphatic heterocycles. The molecule has 0 unspecified atom stereocenters. The van der Waals surface area contributed by atoms with E-state index in [2.05, 4.69) is 5.32 Å². The van der Waals surface area contributed by atoms with Crippen LogP contribution in [-0.4, -0.2) is 28.0 Å². The van der Waals surface area contributed by atoms with E-state index >= 15 is 0 Å². The summed E-state index contributed by atoms with van der Waals surface area (Å²) in [5.41, 5.74) is 0.759. The zero-order valence-electron chi connectivity index (χ0n) is 17.7. The summed E-state index contributed by atoms with van der Waals surface area (Å²) in [5.74, 6) is -0.232. The van der Waals surface area contributed by atoms with Crippen molar-refractivity contribution in [3.63, 3.8) is 0 Å². The normalized spacial score (nSPS) is 11.2. The zero-order chi connectivity index (χ0) is 23.4. The second kappa shape index (κ2) is 9.52. The maximum Gasteiger partial charge on any atom is 0.264 e. The molecule has 0 bridgehead atoms. The lowest BCUT2D eigenvalue weighted by atomic mass is 10.1. The second-order valence-electron chi connectivity index (χ2n) is 7.22. The van der Waals surface area contributed by atoms with Crippen LogP contribution >= 0.6 is 11.6 Å². The van der Waals surface area contributed by atoms with Gasteiger partial charge in [-0.1, -0.05) is 66.2 Å². The molecule has 0 aromatic heterocycles. The molecule has 1 amide bonds. The minimum absolute atomic E-state index is 0.0463. The highest BCUT2D eigenvalue weighted by atomic mass is 35.5. The van der Waals surface area contributed by atoms with E-state index in [-0.39, 0.29) is 16.3 Å². The predicted molar refractivity (Wildman–Crippen MR) is 132 cm³/mol. The molecule has 0 atom stereocenters. The van der Waals surface area contributed by atoms with Crippen molar-refractivity contribution in [3.8, 4) is 5.75 Å². The van der Waals surface area contributed by atoms with Crippen molar-refractivity contribution >= 4 is 49.7 Å². The highest BCUT2D eigenvalue weighted by Crippen LogP contribution is 2.35. The Kier molecular flexibility index (Phi) is 6.53. The topological polar surface area (TPSA) is 75.7 Å². The Hall–Kier alpha value is -3.55. The average molecular weight is 481 g/mol. The number of sulfonamides is 1. The summed E-state index contributed by atoms with van der Waals surface area (Å²) in [6.45, 7) is -0.475. The summed E-state index contributed by atoms with van der Waals surface area (Å²) in [5, 5.41) is 4.97. The summed E-state index contributed by atoms with van der Waals surface area (Å²) in [4.78, 5) is 13.2. The van der Waals surface area contributed by atoms with Crippen LogP contribution in [0.2, 0.25) is 5.02 Å². The van der Waals surface area contributed by atoms with E-state index in [1.807, 2.05) is 36.4 Å². The summed E-state index contributed by atoms with van der Waals surface area (Å²) in [6.07, 6.45) is 0. The smallest absolute Gasteiger partial charge is 0.264 e. The molecule has 33 heavy (non-hydrogen) atoms. The van der Waals surface area contributed by atoms with Crippen LogP contribution in [0.5, 0.6) is 5.75 Å². The molecule has 0 fully saturated rings. The van der Waals surface area contributed by atoms with E-state index in [9.17, 15) is 13.2 Å². The van der Waals surface area contributed by atoms with Gasteiger partial charge in [0.15, 0.2) is 0 Å². The van der Waals surface area contributed by atoms with Gasteiger partial charge >= 0.3 is 0 Å².